The summed E-state index contributed by atoms with van der Waals surface area (Å²) in [5.74, 6) is 1.02. The van der Waals surface area contributed by atoms with Crippen molar-refractivity contribution in [2.45, 2.75) is 25.3 Å². The molecule has 1 fully saturated rings. The highest BCUT2D eigenvalue weighted by Gasteiger charge is 2.23. The molecule has 6 heteroatoms. The van der Waals surface area contributed by atoms with Crippen LogP contribution in [0.5, 0.6) is 11.5 Å². The average molecular weight is 403 g/mol. The molecule has 28 heavy (non-hydrogen) atoms. The fourth-order valence-corrected chi connectivity index (χ4v) is 3.64. The second-order valence-electron chi connectivity index (χ2n) is 6.91. The lowest BCUT2D eigenvalue weighted by atomic mass is 10.0. The van der Waals surface area contributed by atoms with E-state index in [2.05, 4.69) is 10.2 Å². The summed E-state index contributed by atoms with van der Waals surface area (Å²) >= 11 is 6.04. The minimum atomic E-state index is -0.151. The largest absolute Gasteiger partial charge is 0.493 e. The third-order valence-electron chi connectivity index (χ3n) is 5.01. The highest BCUT2D eigenvalue weighted by atomic mass is 35.5. The van der Waals surface area contributed by atoms with Crippen LogP contribution in [-0.2, 0) is 4.79 Å². The van der Waals surface area contributed by atoms with E-state index in [9.17, 15) is 4.79 Å². The van der Waals surface area contributed by atoms with Crippen LogP contribution in [0.25, 0.3) is 0 Å². The Morgan fingerprint density at radius 3 is 2.43 bits per heavy atom. The SMILES string of the molecule is COc1ccccc1OCC(=O)NCC(c1ccc(Cl)cc1)N1CCCCC1. The molecule has 1 aliphatic rings. The number of piperidine rings is 1. The fraction of sp³-hybridized carbons (Fsp3) is 0.409. The highest BCUT2D eigenvalue weighted by molar-refractivity contribution is 6.30. The van der Waals surface area contributed by atoms with Crippen LogP contribution in [-0.4, -0.2) is 44.2 Å². The van der Waals surface area contributed by atoms with E-state index in [0.717, 1.165) is 23.7 Å². The van der Waals surface area contributed by atoms with Gasteiger partial charge >= 0.3 is 0 Å². The maximum Gasteiger partial charge on any atom is 0.258 e. The zero-order valence-electron chi connectivity index (χ0n) is 16.2. The van der Waals surface area contributed by atoms with E-state index < -0.39 is 0 Å². The summed E-state index contributed by atoms with van der Waals surface area (Å²) in [4.78, 5) is 14.8. The molecular weight excluding hydrogens is 376 g/mol. The summed E-state index contributed by atoms with van der Waals surface area (Å²) in [5, 5.41) is 3.74. The number of halogens is 1. The van der Waals surface area contributed by atoms with Crippen molar-refractivity contribution >= 4 is 17.5 Å². The number of likely N-dealkylation sites (tertiary alicyclic amines) is 1. The Morgan fingerprint density at radius 1 is 1.07 bits per heavy atom. The summed E-state index contributed by atoms with van der Waals surface area (Å²) in [6, 6.07) is 15.3. The molecule has 0 aromatic heterocycles. The number of methoxy groups -OCH3 is 1. The van der Waals surface area contributed by atoms with Crippen LogP contribution in [0.4, 0.5) is 0 Å². The van der Waals surface area contributed by atoms with Crippen molar-refractivity contribution in [3.05, 3.63) is 59.1 Å². The smallest absolute Gasteiger partial charge is 0.258 e. The van der Waals surface area contributed by atoms with Crippen LogP contribution >= 0.6 is 11.6 Å². The first-order valence-electron chi connectivity index (χ1n) is 9.69. The van der Waals surface area contributed by atoms with Gasteiger partial charge in [-0.2, -0.15) is 0 Å². The van der Waals surface area contributed by atoms with E-state index in [4.69, 9.17) is 21.1 Å². The Bertz CT molecular complexity index is 761. The van der Waals surface area contributed by atoms with Crippen molar-refractivity contribution in [2.24, 2.45) is 0 Å². The number of nitrogens with one attached hydrogen (secondary N) is 1. The zero-order chi connectivity index (χ0) is 19.8. The Labute approximate surface area is 171 Å². The molecule has 1 N–H and O–H groups in total. The van der Waals surface area contributed by atoms with Crippen LogP contribution in [0.2, 0.25) is 5.02 Å². The molecule has 1 aliphatic heterocycles. The number of ether oxygens (including phenoxy) is 2. The van der Waals surface area contributed by atoms with Gasteiger partial charge in [-0.25, -0.2) is 0 Å². The second-order valence-corrected chi connectivity index (χ2v) is 7.34. The van der Waals surface area contributed by atoms with E-state index in [1.807, 2.05) is 36.4 Å². The Balaban J connectivity index is 1.59. The molecule has 1 unspecified atom stereocenters. The normalized spacial score (nSPS) is 15.6. The highest BCUT2D eigenvalue weighted by Crippen LogP contribution is 2.26. The van der Waals surface area contributed by atoms with Crippen LogP contribution in [0.1, 0.15) is 30.9 Å². The van der Waals surface area contributed by atoms with Gasteiger partial charge in [0.1, 0.15) is 0 Å². The van der Waals surface area contributed by atoms with Crippen LogP contribution < -0.4 is 14.8 Å². The molecule has 3 rings (SSSR count). The fourth-order valence-electron chi connectivity index (χ4n) is 3.52. The molecule has 1 amide bonds. The molecule has 0 spiro atoms. The van der Waals surface area contributed by atoms with E-state index in [0.29, 0.717) is 18.0 Å². The van der Waals surface area contributed by atoms with Gasteiger partial charge in [0, 0.05) is 11.6 Å². The minimum Gasteiger partial charge on any atom is -0.493 e. The Hall–Kier alpha value is -2.24. The van der Waals surface area contributed by atoms with Crippen molar-refractivity contribution in [3.8, 4) is 11.5 Å². The Kier molecular flexibility index (Phi) is 7.57. The molecular formula is C22H27ClN2O3. The molecule has 0 aliphatic carbocycles. The van der Waals surface area contributed by atoms with Gasteiger partial charge in [-0.3, -0.25) is 9.69 Å². The summed E-state index contributed by atoms with van der Waals surface area (Å²) in [5.41, 5.74) is 1.16. The third kappa shape index (κ3) is 5.63. The number of hydrogen-bond donors (Lipinski definition) is 1. The monoisotopic (exact) mass is 402 g/mol. The molecule has 2 aromatic carbocycles. The Morgan fingerprint density at radius 2 is 1.75 bits per heavy atom. The lowest BCUT2D eigenvalue weighted by Crippen LogP contribution is -2.41. The standard InChI is InChI=1S/C22H27ClN2O3/c1-27-20-7-3-4-8-21(20)28-16-22(26)24-15-19(25-13-5-2-6-14-25)17-9-11-18(23)12-10-17/h3-4,7-12,19H,2,5-6,13-16H2,1H3,(H,24,26). The van der Waals surface area contributed by atoms with E-state index in [1.54, 1.807) is 19.2 Å². The first-order valence-corrected chi connectivity index (χ1v) is 10.1. The first kappa shape index (κ1) is 20.5. The van der Waals surface area contributed by atoms with Crippen molar-refractivity contribution in [1.82, 2.24) is 10.2 Å². The number of para-hydroxylation sites is 2. The van der Waals surface area contributed by atoms with Crippen molar-refractivity contribution in [3.63, 3.8) is 0 Å². The lowest BCUT2D eigenvalue weighted by Gasteiger charge is -2.35. The quantitative estimate of drug-likeness (QED) is 0.723. The summed E-state index contributed by atoms with van der Waals surface area (Å²) < 4.78 is 10.9. The molecule has 0 saturated carbocycles. The van der Waals surface area contributed by atoms with Gasteiger partial charge in [0.15, 0.2) is 18.1 Å². The van der Waals surface area contributed by atoms with Crippen molar-refractivity contribution in [2.75, 3.05) is 33.4 Å². The average Bonchev–Trinajstić information content (AvgIpc) is 2.74. The number of nitrogens with zero attached hydrogens (tertiary/aromatic N) is 1. The van der Waals surface area contributed by atoms with Crippen LogP contribution in [0.3, 0.4) is 0 Å². The maximum absolute atomic E-state index is 12.4. The van der Waals surface area contributed by atoms with Gasteiger partial charge in [0.25, 0.3) is 5.91 Å². The lowest BCUT2D eigenvalue weighted by molar-refractivity contribution is -0.123. The predicted octanol–water partition coefficient (Wildman–Crippen LogP) is 4.07. The number of hydrogen-bond acceptors (Lipinski definition) is 4. The number of amides is 1. The maximum atomic E-state index is 12.4. The van der Waals surface area contributed by atoms with E-state index >= 15 is 0 Å². The molecule has 1 heterocycles. The van der Waals surface area contributed by atoms with Gasteiger partial charge in [-0.1, -0.05) is 42.3 Å². The van der Waals surface area contributed by atoms with Gasteiger partial charge in [0.2, 0.25) is 0 Å². The predicted molar refractivity (Wildman–Crippen MR) is 111 cm³/mol. The van der Waals surface area contributed by atoms with Crippen molar-refractivity contribution in [1.29, 1.82) is 0 Å². The number of rotatable bonds is 8. The summed E-state index contributed by atoms with van der Waals surface area (Å²) in [7, 11) is 1.58. The number of carbonyl (C=O) groups excluding carboxylic acids is 1. The first-order chi connectivity index (χ1) is 13.7. The molecule has 1 saturated heterocycles. The van der Waals surface area contributed by atoms with Gasteiger partial charge < -0.3 is 14.8 Å². The summed E-state index contributed by atoms with van der Waals surface area (Å²) in [6.07, 6.45) is 3.65. The van der Waals surface area contributed by atoms with Gasteiger partial charge in [-0.15, -0.1) is 0 Å². The number of carbonyl (C=O) groups is 1. The molecule has 5 nitrogen and oxygen atoms in total. The van der Waals surface area contributed by atoms with Crippen LogP contribution in [0, 0.1) is 0 Å². The van der Waals surface area contributed by atoms with Crippen LogP contribution in [0.15, 0.2) is 48.5 Å². The summed E-state index contributed by atoms with van der Waals surface area (Å²) in [6.45, 7) is 2.57. The van der Waals surface area contributed by atoms with E-state index in [-0.39, 0.29) is 18.6 Å². The second kappa shape index (κ2) is 10.3. The molecule has 150 valence electrons. The third-order valence-corrected chi connectivity index (χ3v) is 5.26. The molecule has 0 radical (unpaired) electrons. The van der Waals surface area contributed by atoms with Gasteiger partial charge in [-0.05, 0) is 55.8 Å². The molecule has 1 atom stereocenters. The topological polar surface area (TPSA) is 50.8 Å². The van der Waals surface area contributed by atoms with Crippen molar-refractivity contribution < 1.29 is 14.3 Å². The molecule has 0 bridgehead atoms. The molecule has 2 aromatic rings. The van der Waals surface area contributed by atoms with Gasteiger partial charge in [0.05, 0.1) is 13.2 Å². The minimum absolute atomic E-state index is 0.0479. The number of benzene rings is 2. The zero-order valence-corrected chi connectivity index (χ0v) is 17.0. The van der Waals surface area contributed by atoms with E-state index in [1.165, 1.54) is 19.3 Å².